The van der Waals surface area contributed by atoms with Gasteiger partial charge in [-0.25, -0.2) is 9.78 Å². The Balaban J connectivity index is 2.07. The van der Waals surface area contributed by atoms with Crippen LogP contribution in [0, 0.1) is 0 Å². The molecule has 0 saturated carbocycles. The highest BCUT2D eigenvalue weighted by Crippen LogP contribution is 2.32. The summed E-state index contributed by atoms with van der Waals surface area (Å²) in [6, 6.07) is 8.13. The van der Waals surface area contributed by atoms with Crippen LogP contribution >= 0.6 is 0 Å². The van der Waals surface area contributed by atoms with E-state index < -0.39 is 17.5 Å². The third kappa shape index (κ3) is 4.52. The number of hydrogen-bond acceptors (Lipinski definition) is 7. The topological polar surface area (TPSA) is 115 Å². The van der Waals surface area contributed by atoms with E-state index in [1.165, 1.54) is 7.11 Å². The molecule has 32 heavy (non-hydrogen) atoms. The zero-order chi connectivity index (χ0) is 23.6. The number of methoxy groups -OCH3 is 2. The summed E-state index contributed by atoms with van der Waals surface area (Å²) in [6.07, 6.45) is 1.61. The minimum Gasteiger partial charge on any atom is -0.497 e. The van der Waals surface area contributed by atoms with E-state index in [0.717, 1.165) is 0 Å². The molecule has 170 valence electrons. The molecule has 3 rings (SSSR count). The highest BCUT2D eigenvalue weighted by molar-refractivity contribution is 6.14. The molecule has 0 saturated heterocycles. The molecule has 9 nitrogen and oxygen atoms in total. The molecule has 0 unspecified atom stereocenters. The molecule has 3 aromatic rings. The fraction of sp³-hybridized carbons (Fsp3) is 0.348. The number of aromatic nitrogens is 2. The van der Waals surface area contributed by atoms with E-state index >= 15 is 0 Å². The first-order valence-corrected chi connectivity index (χ1v) is 10.1. The van der Waals surface area contributed by atoms with Gasteiger partial charge in [-0.15, -0.1) is 0 Å². The van der Waals surface area contributed by atoms with Crippen molar-refractivity contribution < 1.29 is 24.2 Å². The molecule has 1 aromatic carbocycles. The summed E-state index contributed by atoms with van der Waals surface area (Å²) in [5.74, 6) is -0.369. The number of anilines is 2. The summed E-state index contributed by atoms with van der Waals surface area (Å²) in [4.78, 5) is 29.9. The van der Waals surface area contributed by atoms with Crippen LogP contribution in [-0.2, 0) is 11.8 Å². The van der Waals surface area contributed by atoms with Crippen molar-refractivity contribution in [2.75, 3.05) is 24.9 Å². The first-order chi connectivity index (χ1) is 15.1. The minimum atomic E-state index is -0.964. The van der Waals surface area contributed by atoms with Crippen molar-refractivity contribution in [1.29, 1.82) is 0 Å². The Morgan fingerprint density at radius 3 is 2.41 bits per heavy atom. The molecule has 2 aromatic heterocycles. The van der Waals surface area contributed by atoms with Gasteiger partial charge in [0.05, 0.1) is 43.4 Å². The average Bonchev–Trinajstić information content (AvgIpc) is 3.03. The number of esters is 1. The van der Waals surface area contributed by atoms with Gasteiger partial charge >= 0.3 is 5.97 Å². The smallest absolute Gasteiger partial charge is 0.356 e. The summed E-state index contributed by atoms with van der Waals surface area (Å²) < 4.78 is 11.7. The number of aryl methyl sites for hydroxylation is 1. The number of pyridine rings is 1. The molecule has 1 atom stereocenters. The third-order valence-corrected chi connectivity index (χ3v) is 5.44. The highest BCUT2D eigenvalue weighted by atomic mass is 16.5. The van der Waals surface area contributed by atoms with E-state index in [2.05, 4.69) is 15.6 Å². The number of amides is 1. The standard InChI is InChI=1S/C23H28N4O5/c1-13(23(2,3)30)25-15-11-17-18(19(22(29)32-6)27(4)20(17)24-12-15)26-21(28)14-7-9-16(31-5)10-8-14/h7-13,25,30H,1-6H3,(H,26,28)/t13-/m1/s1. The third-order valence-electron chi connectivity index (χ3n) is 5.44. The molecule has 1 amide bonds. The van der Waals surface area contributed by atoms with Crippen molar-refractivity contribution in [3.63, 3.8) is 0 Å². The van der Waals surface area contributed by atoms with E-state index in [0.29, 0.717) is 33.7 Å². The summed E-state index contributed by atoms with van der Waals surface area (Å²) in [7, 11) is 4.50. The van der Waals surface area contributed by atoms with Crippen LogP contribution in [0.2, 0.25) is 0 Å². The maximum absolute atomic E-state index is 12.9. The second-order valence-electron chi connectivity index (χ2n) is 8.07. The van der Waals surface area contributed by atoms with Gasteiger partial charge in [-0.1, -0.05) is 0 Å². The van der Waals surface area contributed by atoms with Gasteiger partial charge in [0.15, 0.2) is 5.69 Å². The van der Waals surface area contributed by atoms with E-state index in [9.17, 15) is 14.7 Å². The van der Waals surface area contributed by atoms with Gasteiger partial charge in [0.2, 0.25) is 0 Å². The van der Waals surface area contributed by atoms with Crippen LogP contribution in [0.1, 0.15) is 41.6 Å². The highest BCUT2D eigenvalue weighted by Gasteiger charge is 2.26. The summed E-state index contributed by atoms with van der Waals surface area (Å²) >= 11 is 0. The molecular formula is C23H28N4O5. The Labute approximate surface area is 186 Å². The number of ether oxygens (including phenoxy) is 2. The number of carbonyl (C=O) groups excluding carboxylic acids is 2. The van der Waals surface area contributed by atoms with Crippen molar-refractivity contribution in [3.8, 4) is 5.75 Å². The molecule has 0 aliphatic heterocycles. The Morgan fingerprint density at radius 2 is 1.84 bits per heavy atom. The normalized spacial score (nSPS) is 12.3. The van der Waals surface area contributed by atoms with Gasteiger partial charge in [-0.2, -0.15) is 0 Å². The predicted octanol–water partition coefficient (Wildman–Crippen LogP) is 3.19. The second kappa shape index (κ2) is 8.88. The summed E-state index contributed by atoms with van der Waals surface area (Å²) in [5.41, 5.74) is 1.03. The SMILES string of the molecule is COC(=O)c1c(NC(=O)c2ccc(OC)cc2)c2cc(N[C@H](C)C(C)(C)O)cnc2n1C. The van der Waals surface area contributed by atoms with Crippen LogP contribution < -0.4 is 15.4 Å². The Hall–Kier alpha value is -3.59. The molecule has 0 spiro atoms. The van der Waals surface area contributed by atoms with E-state index in [4.69, 9.17) is 9.47 Å². The zero-order valence-corrected chi connectivity index (χ0v) is 19.0. The lowest BCUT2D eigenvalue weighted by atomic mass is 10.0. The zero-order valence-electron chi connectivity index (χ0n) is 19.0. The minimum absolute atomic E-state index is 0.171. The van der Waals surface area contributed by atoms with Crippen LogP contribution in [0.3, 0.4) is 0 Å². The largest absolute Gasteiger partial charge is 0.497 e. The monoisotopic (exact) mass is 440 g/mol. The maximum Gasteiger partial charge on any atom is 0.356 e. The average molecular weight is 441 g/mol. The van der Waals surface area contributed by atoms with Crippen LogP contribution in [-0.4, -0.2) is 52.4 Å². The number of fused-ring (bicyclic) bond motifs is 1. The van der Waals surface area contributed by atoms with E-state index in [1.807, 2.05) is 6.92 Å². The van der Waals surface area contributed by atoms with Crippen molar-refractivity contribution >= 4 is 34.3 Å². The fourth-order valence-corrected chi connectivity index (χ4v) is 3.21. The Morgan fingerprint density at radius 1 is 1.19 bits per heavy atom. The number of benzene rings is 1. The number of carbonyl (C=O) groups is 2. The van der Waals surface area contributed by atoms with Crippen LogP contribution in [0.15, 0.2) is 36.5 Å². The first kappa shape index (κ1) is 23.1. The molecule has 0 bridgehead atoms. The molecular weight excluding hydrogens is 412 g/mol. The first-order valence-electron chi connectivity index (χ1n) is 10.1. The van der Waals surface area contributed by atoms with Crippen LogP contribution in [0.5, 0.6) is 5.75 Å². The molecule has 2 heterocycles. The molecule has 0 aliphatic carbocycles. The van der Waals surface area contributed by atoms with Crippen molar-refractivity contribution in [2.24, 2.45) is 7.05 Å². The number of hydrogen-bond donors (Lipinski definition) is 3. The van der Waals surface area contributed by atoms with E-state index in [1.54, 1.807) is 69.1 Å². The number of aliphatic hydroxyl groups is 1. The molecule has 0 radical (unpaired) electrons. The molecule has 3 N–H and O–H groups in total. The lowest BCUT2D eigenvalue weighted by Gasteiger charge is -2.27. The van der Waals surface area contributed by atoms with Gasteiger partial charge in [0, 0.05) is 18.0 Å². The van der Waals surface area contributed by atoms with Crippen molar-refractivity contribution in [1.82, 2.24) is 9.55 Å². The van der Waals surface area contributed by atoms with Gasteiger partial charge in [-0.3, -0.25) is 4.79 Å². The lowest BCUT2D eigenvalue weighted by Crippen LogP contribution is -2.39. The van der Waals surface area contributed by atoms with Crippen molar-refractivity contribution in [2.45, 2.75) is 32.4 Å². The van der Waals surface area contributed by atoms with Gasteiger partial charge in [0.1, 0.15) is 11.4 Å². The lowest BCUT2D eigenvalue weighted by molar-refractivity contribution is 0.0591. The summed E-state index contributed by atoms with van der Waals surface area (Å²) in [6.45, 7) is 5.26. The van der Waals surface area contributed by atoms with Crippen molar-refractivity contribution in [3.05, 3.63) is 47.8 Å². The van der Waals surface area contributed by atoms with Gasteiger partial charge < -0.3 is 29.8 Å². The van der Waals surface area contributed by atoms with E-state index in [-0.39, 0.29) is 11.7 Å². The van der Waals surface area contributed by atoms with Gasteiger partial charge in [0.25, 0.3) is 5.91 Å². The molecule has 0 fully saturated rings. The Bertz CT molecular complexity index is 1150. The predicted molar refractivity (Wildman–Crippen MR) is 122 cm³/mol. The quantitative estimate of drug-likeness (QED) is 0.483. The number of nitrogens with zero attached hydrogens (tertiary/aromatic N) is 2. The summed E-state index contributed by atoms with van der Waals surface area (Å²) in [5, 5.41) is 16.8. The fourth-order valence-electron chi connectivity index (χ4n) is 3.21. The van der Waals surface area contributed by atoms with Crippen LogP contribution in [0.25, 0.3) is 11.0 Å². The number of nitrogens with one attached hydrogen (secondary N) is 2. The van der Waals surface area contributed by atoms with Crippen LogP contribution in [0.4, 0.5) is 11.4 Å². The second-order valence-corrected chi connectivity index (χ2v) is 8.07. The molecule has 0 aliphatic rings. The van der Waals surface area contributed by atoms with Gasteiger partial charge in [-0.05, 0) is 51.1 Å². The Kier molecular flexibility index (Phi) is 6.40. The number of rotatable bonds is 7. The molecule has 9 heteroatoms. The maximum atomic E-state index is 12.9.